The summed E-state index contributed by atoms with van der Waals surface area (Å²) in [6, 6.07) is 8.65. The van der Waals surface area contributed by atoms with Crippen LogP contribution < -0.4 is 15.4 Å². The molecule has 0 atom stereocenters. The lowest BCUT2D eigenvalue weighted by Gasteiger charge is -2.32. The molecule has 168 valence electrons. The molecular formula is C21H19Cl2FN4O4. The van der Waals surface area contributed by atoms with E-state index in [1.807, 2.05) is 0 Å². The molecular weight excluding hydrogens is 462 g/mol. The number of anilines is 1. The number of hydrogen-bond acceptors (Lipinski definition) is 5. The summed E-state index contributed by atoms with van der Waals surface area (Å²) >= 11 is 11.6. The molecule has 4 rings (SSSR count). The Hall–Kier alpha value is -3.04. The van der Waals surface area contributed by atoms with Crippen LogP contribution in [0.5, 0.6) is 5.75 Å². The van der Waals surface area contributed by atoms with Crippen LogP contribution in [0.25, 0.3) is 11.1 Å². The average molecular weight is 481 g/mol. The number of hydrogen-bond donors (Lipinski definition) is 2. The third kappa shape index (κ3) is 5.41. The van der Waals surface area contributed by atoms with E-state index >= 15 is 0 Å². The van der Waals surface area contributed by atoms with Crippen molar-refractivity contribution in [3.05, 3.63) is 52.3 Å². The Morgan fingerprint density at radius 1 is 1.19 bits per heavy atom. The van der Waals surface area contributed by atoms with Crippen LogP contribution in [0.4, 0.5) is 15.2 Å². The summed E-state index contributed by atoms with van der Waals surface area (Å²) in [5, 5.41) is 6.01. The van der Waals surface area contributed by atoms with Gasteiger partial charge in [-0.05, 0) is 43.2 Å². The van der Waals surface area contributed by atoms with Crippen molar-refractivity contribution in [1.82, 2.24) is 15.2 Å². The second-order valence-electron chi connectivity index (χ2n) is 7.25. The Morgan fingerprint density at radius 3 is 2.72 bits per heavy atom. The van der Waals surface area contributed by atoms with E-state index in [0.29, 0.717) is 42.1 Å². The first-order valence-electron chi connectivity index (χ1n) is 9.86. The number of halogens is 3. The number of aromatic nitrogens is 1. The Morgan fingerprint density at radius 2 is 1.97 bits per heavy atom. The quantitative estimate of drug-likeness (QED) is 0.561. The second kappa shape index (κ2) is 9.62. The van der Waals surface area contributed by atoms with Crippen molar-refractivity contribution in [2.75, 3.05) is 25.0 Å². The minimum Gasteiger partial charge on any atom is -0.484 e. The number of carbonyl (C=O) groups is 2. The van der Waals surface area contributed by atoms with Crippen LogP contribution in [-0.4, -0.2) is 47.6 Å². The van der Waals surface area contributed by atoms with Gasteiger partial charge in [0, 0.05) is 30.2 Å². The average Bonchev–Trinajstić information content (AvgIpc) is 3.16. The fourth-order valence-electron chi connectivity index (χ4n) is 3.34. The molecule has 0 aliphatic carbocycles. The van der Waals surface area contributed by atoms with Gasteiger partial charge in [-0.25, -0.2) is 9.18 Å². The maximum absolute atomic E-state index is 13.4. The van der Waals surface area contributed by atoms with Crippen molar-refractivity contribution in [3.63, 3.8) is 0 Å². The van der Waals surface area contributed by atoms with E-state index in [2.05, 4.69) is 15.6 Å². The summed E-state index contributed by atoms with van der Waals surface area (Å²) in [5.74, 6) is -0.722. The lowest BCUT2D eigenvalue weighted by molar-refractivity contribution is -0.124. The van der Waals surface area contributed by atoms with Crippen LogP contribution in [0, 0.1) is 5.82 Å². The fraction of sp³-hybridized carbons (Fsp3) is 0.286. The number of nitrogens with zero attached hydrogens (tertiary/aromatic N) is 2. The van der Waals surface area contributed by atoms with Gasteiger partial charge in [0.25, 0.3) is 5.91 Å². The molecule has 0 unspecified atom stereocenters. The molecule has 1 saturated heterocycles. The molecule has 0 saturated carbocycles. The third-order valence-corrected chi connectivity index (χ3v) is 5.51. The maximum Gasteiger partial charge on any atom is 0.325 e. The third-order valence-electron chi connectivity index (χ3n) is 4.97. The van der Waals surface area contributed by atoms with Gasteiger partial charge in [-0.2, -0.15) is 4.98 Å². The molecule has 2 N–H and O–H groups in total. The van der Waals surface area contributed by atoms with Crippen LogP contribution in [0.2, 0.25) is 10.0 Å². The SMILES string of the molecule is O=C(COc1ccc(Cl)c(F)c1)NC1CCN(C(=O)Nc2nc3cc(Cl)ccc3o2)CC1. The molecule has 11 heteroatoms. The van der Waals surface area contributed by atoms with Crippen molar-refractivity contribution >= 4 is 52.3 Å². The van der Waals surface area contributed by atoms with Crippen molar-refractivity contribution in [2.45, 2.75) is 18.9 Å². The maximum atomic E-state index is 13.4. The number of fused-ring (bicyclic) bond motifs is 1. The van der Waals surface area contributed by atoms with E-state index in [0.717, 1.165) is 6.07 Å². The van der Waals surface area contributed by atoms with Crippen molar-refractivity contribution in [3.8, 4) is 5.75 Å². The van der Waals surface area contributed by atoms with Gasteiger partial charge in [0.1, 0.15) is 17.1 Å². The van der Waals surface area contributed by atoms with Gasteiger partial charge in [0.15, 0.2) is 12.2 Å². The highest BCUT2D eigenvalue weighted by Gasteiger charge is 2.25. The first kappa shape index (κ1) is 22.2. The van der Waals surface area contributed by atoms with E-state index < -0.39 is 5.82 Å². The smallest absolute Gasteiger partial charge is 0.325 e. The van der Waals surface area contributed by atoms with Gasteiger partial charge in [-0.15, -0.1) is 0 Å². The molecule has 8 nitrogen and oxygen atoms in total. The summed E-state index contributed by atoms with van der Waals surface area (Å²) in [5.41, 5.74) is 1.08. The summed E-state index contributed by atoms with van der Waals surface area (Å²) in [7, 11) is 0. The first-order chi connectivity index (χ1) is 15.4. The summed E-state index contributed by atoms with van der Waals surface area (Å²) in [6.45, 7) is 0.654. The number of oxazole rings is 1. The molecule has 1 aromatic heterocycles. The summed E-state index contributed by atoms with van der Waals surface area (Å²) in [4.78, 5) is 30.4. The zero-order valence-electron chi connectivity index (χ0n) is 16.7. The standard InChI is InChI=1S/C21H19Cl2FN4O4/c22-12-1-4-18-17(9-12)26-20(32-18)27-21(30)28-7-5-13(6-8-28)25-19(29)11-31-14-2-3-15(23)16(24)10-14/h1-4,9-10,13H,5-8,11H2,(H,25,29)(H,26,27,30). The molecule has 0 spiro atoms. The van der Waals surface area contributed by atoms with E-state index in [1.54, 1.807) is 23.1 Å². The Kier molecular flexibility index (Phi) is 6.66. The minimum absolute atomic E-state index is 0.0156. The highest BCUT2D eigenvalue weighted by Crippen LogP contribution is 2.23. The minimum atomic E-state index is -0.614. The summed E-state index contributed by atoms with van der Waals surface area (Å²) in [6.07, 6.45) is 1.16. The zero-order chi connectivity index (χ0) is 22.7. The van der Waals surface area contributed by atoms with Crippen LogP contribution in [0.1, 0.15) is 12.8 Å². The van der Waals surface area contributed by atoms with Gasteiger partial charge >= 0.3 is 12.0 Å². The normalized spacial score (nSPS) is 14.4. The molecule has 1 aliphatic rings. The fourth-order valence-corrected chi connectivity index (χ4v) is 3.62. The first-order valence-corrected chi connectivity index (χ1v) is 10.6. The number of rotatable bonds is 5. The molecule has 3 amide bonds. The Balaban J connectivity index is 1.22. The molecule has 0 radical (unpaired) electrons. The lowest BCUT2D eigenvalue weighted by atomic mass is 10.1. The summed E-state index contributed by atoms with van der Waals surface area (Å²) < 4.78 is 24.2. The molecule has 3 aromatic rings. The van der Waals surface area contributed by atoms with Crippen LogP contribution in [-0.2, 0) is 4.79 Å². The van der Waals surface area contributed by atoms with Crippen molar-refractivity contribution in [2.24, 2.45) is 0 Å². The Labute approximate surface area is 192 Å². The number of carbonyl (C=O) groups excluding carboxylic acids is 2. The molecule has 2 heterocycles. The lowest BCUT2D eigenvalue weighted by Crippen LogP contribution is -2.48. The zero-order valence-corrected chi connectivity index (χ0v) is 18.3. The number of amides is 3. The largest absolute Gasteiger partial charge is 0.484 e. The van der Waals surface area contributed by atoms with Gasteiger partial charge in [0.05, 0.1) is 5.02 Å². The van der Waals surface area contributed by atoms with Crippen LogP contribution in [0.15, 0.2) is 40.8 Å². The number of piperidine rings is 1. The van der Waals surface area contributed by atoms with E-state index in [1.165, 1.54) is 12.1 Å². The molecule has 0 bridgehead atoms. The second-order valence-corrected chi connectivity index (χ2v) is 8.10. The molecule has 1 aliphatic heterocycles. The van der Waals surface area contributed by atoms with E-state index in [9.17, 15) is 14.0 Å². The number of urea groups is 1. The van der Waals surface area contributed by atoms with Gasteiger partial charge < -0.3 is 19.4 Å². The number of nitrogens with one attached hydrogen (secondary N) is 2. The highest BCUT2D eigenvalue weighted by atomic mass is 35.5. The molecule has 2 aromatic carbocycles. The highest BCUT2D eigenvalue weighted by molar-refractivity contribution is 6.31. The monoisotopic (exact) mass is 480 g/mol. The van der Waals surface area contributed by atoms with E-state index in [4.69, 9.17) is 32.4 Å². The predicted molar refractivity (Wildman–Crippen MR) is 118 cm³/mol. The number of ether oxygens (including phenoxy) is 1. The number of benzene rings is 2. The van der Waals surface area contributed by atoms with Crippen LogP contribution in [0.3, 0.4) is 0 Å². The molecule has 1 fully saturated rings. The molecule has 32 heavy (non-hydrogen) atoms. The Bertz CT molecular complexity index is 1150. The topological polar surface area (TPSA) is 96.7 Å². The predicted octanol–water partition coefficient (Wildman–Crippen LogP) is 4.47. The van der Waals surface area contributed by atoms with E-state index in [-0.39, 0.29) is 41.4 Å². The van der Waals surface area contributed by atoms with Crippen molar-refractivity contribution in [1.29, 1.82) is 0 Å². The number of likely N-dealkylation sites (tertiary alicyclic amines) is 1. The van der Waals surface area contributed by atoms with Gasteiger partial charge in [-0.1, -0.05) is 23.2 Å². The van der Waals surface area contributed by atoms with Gasteiger partial charge in [-0.3, -0.25) is 10.1 Å². The van der Waals surface area contributed by atoms with Crippen LogP contribution >= 0.6 is 23.2 Å². The van der Waals surface area contributed by atoms with Crippen molar-refractivity contribution < 1.29 is 23.1 Å². The van der Waals surface area contributed by atoms with Gasteiger partial charge in [0.2, 0.25) is 0 Å².